The lowest BCUT2D eigenvalue weighted by atomic mass is 10.1. The minimum atomic E-state index is 0.0420. The molecule has 1 aromatic heterocycles. The van der Waals surface area contributed by atoms with Crippen LogP contribution < -0.4 is 4.74 Å². The largest absolute Gasteiger partial charge is 0.485 e. The Bertz CT molecular complexity index is 590. The molecule has 5 nitrogen and oxygen atoms in total. The van der Waals surface area contributed by atoms with Gasteiger partial charge in [-0.1, -0.05) is 12.1 Å². The molecule has 2 aromatic rings. The van der Waals surface area contributed by atoms with Gasteiger partial charge in [0.15, 0.2) is 12.4 Å². The second-order valence-corrected chi connectivity index (χ2v) is 4.28. The molecule has 0 aliphatic rings. The minimum Gasteiger partial charge on any atom is -0.485 e. The summed E-state index contributed by atoms with van der Waals surface area (Å²) in [5, 5.41) is 3.81. The first-order chi connectivity index (χ1) is 9.10. The predicted octanol–water partition coefficient (Wildman–Crippen LogP) is 2.72. The Morgan fingerprint density at radius 3 is 2.79 bits per heavy atom. The summed E-state index contributed by atoms with van der Waals surface area (Å²) >= 11 is 0. The van der Waals surface area contributed by atoms with E-state index >= 15 is 0 Å². The highest BCUT2D eigenvalue weighted by molar-refractivity contribution is 5.94. The Morgan fingerprint density at radius 2 is 2.21 bits per heavy atom. The van der Waals surface area contributed by atoms with Crippen molar-refractivity contribution in [1.29, 1.82) is 0 Å². The fourth-order valence-electron chi connectivity index (χ4n) is 1.67. The van der Waals surface area contributed by atoms with Crippen molar-refractivity contribution in [2.24, 2.45) is 0 Å². The number of benzene rings is 1. The molecular weight excluding hydrogens is 244 g/mol. The monoisotopic (exact) mass is 260 g/mol. The van der Waals surface area contributed by atoms with Crippen LogP contribution in [0.4, 0.5) is 0 Å². The summed E-state index contributed by atoms with van der Waals surface area (Å²) in [7, 11) is 0. The van der Waals surface area contributed by atoms with Crippen LogP contribution in [-0.2, 0) is 13.0 Å². The van der Waals surface area contributed by atoms with E-state index in [1.807, 2.05) is 19.9 Å². The number of aryl methyl sites for hydroxylation is 2. The van der Waals surface area contributed by atoms with Gasteiger partial charge < -0.3 is 9.26 Å². The smallest absolute Gasteiger partial charge is 0.226 e. The Morgan fingerprint density at radius 1 is 1.42 bits per heavy atom. The summed E-state index contributed by atoms with van der Waals surface area (Å²) in [6, 6.07) is 5.34. The van der Waals surface area contributed by atoms with Gasteiger partial charge in [0.25, 0.3) is 0 Å². The second kappa shape index (κ2) is 5.65. The molecule has 0 saturated carbocycles. The average Bonchev–Trinajstić information content (AvgIpc) is 2.85. The third kappa shape index (κ3) is 3.19. The fourth-order valence-corrected chi connectivity index (χ4v) is 1.67. The first kappa shape index (κ1) is 13.3. The number of ketones is 1. The summed E-state index contributed by atoms with van der Waals surface area (Å²) in [5.41, 5.74) is 1.59. The SMILES string of the molecule is CCc1nc(COc2ccc(C(C)=O)cc2C)no1. The van der Waals surface area contributed by atoms with Gasteiger partial charge in [0.1, 0.15) is 5.75 Å². The molecule has 2 rings (SSSR count). The van der Waals surface area contributed by atoms with Gasteiger partial charge in [-0.15, -0.1) is 0 Å². The van der Waals surface area contributed by atoms with Crippen LogP contribution in [0.1, 0.15) is 41.5 Å². The van der Waals surface area contributed by atoms with Crippen LogP contribution in [0.25, 0.3) is 0 Å². The van der Waals surface area contributed by atoms with Gasteiger partial charge in [0.05, 0.1) is 0 Å². The van der Waals surface area contributed by atoms with Gasteiger partial charge in [-0.25, -0.2) is 0 Å². The van der Waals surface area contributed by atoms with E-state index in [0.29, 0.717) is 29.4 Å². The number of aromatic nitrogens is 2. The van der Waals surface area contributed by atoms with Crippen molar-refractivity contribution < 1.29 is 14.1 Å². The van der Waals surface area contributed by atoms with Crippen LogP contribution in [0.5, 0.6) is 5.75 Å². The number of carbonyl (C=O) groups excluding carboxylic acids is 1. The number of carbonyl (C=O) groups is 1. The lowest BCUT2D eigenvalue weighted by molar-refractivity contribution is 0.101. The zero-order valence-corrected chi connectivity index (χ0v) is 11.3. The van der Waals surface area contributed by atoms with Crippen LogP contribution >= 0.6 is 0 Å². The molecule has 0 radical (unpaired) electrons. The van der Waals surface area contributed by atoms with E-state index in [4.69, 9.17) is 9.26 Å². The topological polar surface area (TPSA) is 65.2 Å². The lowest BCUT2D eigenvalue weighted by Crippen LogP contribution is -2.00. The maximum Gasteiger partial charge on any atom is 0.226 e. The molecule has 1 heterocycles. The first-order valence-electron chi connectivity index (χ1n) is 6.16. The number of hydrogen-bond donors (Lipinski definition) is 0. The Kier molecular flexibility index (Phi) is 3.94. The number of Topliss-reactive ketones (excluding diaryl/α,β-unsaturated/α-hetero) is 1. The standard InChI is InChI=1S/C14H16N2O3/c1-4-14-15-13(16-19-14)8-18-12-6-5-11(10(3)17)7-9(12)2/h5-7H,4,8H2,1-3H3. The molecule has 0 N–H and O–H groups in total. The molecular formula is C14H16N2O3. The van der Waals surface area contributed by atoms with Gasteiger partial charge in [-0.3, -0.25) is 4.79 Å². The molecule has 0 aliphatic carbocycles. The zero-order chi connectivity index (χ0) is 13.8. The van der Waals surface area contributed by atoms with E-state index in [-0.39, 0.29) is 12.4 Å². The van der Waals surface area contributed by atoms with Crippen molar-refractivity contribution in [3.8, 4) is 5.75 Å². The molecule has 1 aromatic carbocycles. The Labute approximate surface area is 111 Å². The van der Waals surface area contributed by atoms with Crippen LogP contribution in [0.2, 0.25) is 0 Å². The van der Waals surface area contributed by atoms with Crippen LogP contribution in [0.15, 0.2) is 22.7 Å². The van der Waals surface area contributed by atoms with E-state index in [1.54, 1.807) is 19.1 Å². The number of rotatable bonds is 5. The van der Waals surface area contributed by atoms with Crippen LogP contribution in [0, 0.1) is 6.92 Å². The first-order valence-corrected chi connectivity index (χ1v) is 6.16. The normalized spacial score (nSPS) is 10.5. The summed E-state index contributed by atoms with van der Waals surface area (Å²) in [6.45, 7) is 5.64. The molecule has 0 unspecified atom stereocenters. The van der Waals surface area contributed by atoms with Crippen molar-refractivity contribution >= 4 is 5.78 Å². The molecule has 0 fully saturated rings. The maximum atomic E-state index is 11.3. The summed E-state index contributed by atoms with van der Waals surface area (Å²) < 4.78 is 10.6. The molecule has 0 aliphatic heterocycles. The number of nitrogens with zero attached hydrogens (tertiary/aromatic N) is 2. The molecule has 0 saturated heterocycles. The molecule has 0 bridgehead atoms. The van der Waals surface area contributed by atoms with E-state index in [1.165, 1.54) is 0 Å². The molecule has 0 spiro atoms. The zero-order valence-electron chi connectivity index (χ0n) is 11.3. The Hall–Kier alpha value is -2.17. The molecule has 100 valence electrons. The van der Waals surface area contributed by atoms with Crippen LogP contribution in [0.3, 0.4) is 0 Å². The van der Waals surface area contributed by atoms with Gasteiger partial charge in [-0.05, 0) is 37.6 Å². The second-order valence-electron chi connectivity index (χ2n) is 4.28. The molecule has 5 heteroatoms. The molecule has 0 atom stereocenters. The average molecular weight is 260 g/mol. The summed E-state index contributed by atoms with van der Waals surface area (Å²) in [5.74, 6) is 1.88. The minimum absolute atomic E-state index is 0.0420. The van der Waals surface area contributed by atoms with Crippen molar-refractivity contribution in [3.05, 3.63) is 41.0 Å². The summed E-state index contributed by atoms with van der Waals surface area (Å²) in [4.78, 5) is 15.4. The van der Waals surface area contributed by atoms with Crippen molar-refractivity contribution in [2.45, 2.75) is 33.8 Å². The molecule has 19 heavy (non-hydrogen) atoms. The van der Waals surface area contributed by atoms with Crippen molar-refractivity contribution in [2.75, 3.05) is 0 Å². The maximum absolute atomic E-state index is 11.3. The third-order valence-electron chi connectivity index (χ3n) is 2.75. The number of hydrogen-bond acceptors (Lipinski definition) is 5. The number of ether oxygens (including phenoxy) is 1. The van der Waals surface area contributed by atoms with E-state index in [9.17, 15) is 4.79 Å². The van der Waals surface area contributed by atoms with E-state index < -0.39 is 0 Å². The van der Waals surface area contributed by atoms with Crippen molar-refractivity contribution in [3.63, 3.8) is 0 Å². The molecule has 0 amide bonds. The van der Waals surface area contributed by atoms with Gasteiger partial charge in [0.2, 0.25) is 11.7 Å². The highest BCUT2D eigenvalue weighted by Crippen LogP contribution is 2.20. The van der Waals surface area contributed by atoms with Gasteiger partial charge in [0, 0.05) is 12.0 Å². The van der Waals surface area contributed by atoms with Crippen molar-refractivity contribution in [1.82, 2.24) is 10.1 Å². The summed E-state index contributed by atoms with van der Waals surface area (Å²) in [6.07, 6.45) is 0.708. The van der Waals surface area contributed by atoms with E-state index in [2.05, 4.69) is 10.1 Å². The van der Waals surface area contributed by atoms with E-state index in [0.717, 1.165) is 5.56 Å². The quantitative estimate of drug-likeness (QED) is 0.773. The predicted molar refractivity (Wildman–Crippen MR) is 69.2 cm³/mol. The van der Waals surface area contributed by atoms with Crippen LogP contribution in [-0.4, -0.2) is 15.9 Å². The fraction of sp³-hybridized carbons (Fsp3) is 0.357. The van der Waals surface area contributed by atoms with Gasteiger partial charge >= 0.3 is 0 Å². The lowest BCUT2D eigenvalue weighted by Gasteiger charge is -2.07. The Balaban J connectivity index is 2.05. The van der Waals surface area contributed by atoms with Gasteiger partial charge in [-0.2, -0.15) is 4.98 Å². The highest BCUT2D eigenvalue weighted by Gasteiger charge is 2.08. The third-order valence-corrected chi connectivity index (χ3v) is 2.75. The highest BCUT2D eigenvalue weighted by atomic mass is 16.5.